The molecule has 5 N–H and O–H groups in total. The molecule has 0 aliphatic carbocycles. The minimum atomic E-state index is -4.54. The Hall–Kier alpha value is -3.81. The van der Waals surface area contributed by atoms with Crippen LogP contribution in [0.5, 0.6) is 0 Å². The number of nitrogens with zero attached hydrogens (tertiary/aromatic N) is 1. The Balaban J connectivity index is 2.11. The first-order chi connectivity index (χ1) is 15.9. The van der Waals surface area contributed by atoms with E-state index in [0.717, 1.165) is 18.3 Å². The molecule has 10 nitrogen and oxygen atoms in total. The number of hydrogen-bond donors (Lipinski definition) is 4. The number of aromatic nitrogens is 3. The summed E-state index contributed by atoms with van der Waals surface area (Å²) in [6.45, 7) is -0.362. The Morgan fingerprint density at radius 2 is 1.88 bits per heavy atom. The van der Waals surface area contributed by atoms with E-state index in [4.69, 9.17) is 16.7 Å². The van der Waals surface area contributed by atoms with Crippen LogP contribution in [-0.2, 0) is 16.8 Å². The molecule has 0 unspecified atom stereocenters. The van der Waals surface area contributed by atoms with Crippen LogP contribution >= 0.6 is 11.6 Å². The summed E-state index contributed by atoms with van der Waals surface area (Å²) >= 11 is 6.12. The number of rotatable bonds is 5. The molecule has 0 fully saturated rings. The molecule has 176 valence electrons. The SMILES string of the molecule is NS(=O)(=O)NC(=O)c1c(-c2c[nH]c(=O)[nH]c2=O)c2cc(Cl)ccc2n1Cc1ccc(F)cc1F. The van der Waals surface area contributed by atoms with Crippen LogP contribution in [0.3, 0.4) is 0 Å². The van der Waals surface area contributed by atoms with E-state index in [2.05, 4.69) is 4.98 Å². The predicted molar refractivity (Wildman–Crippen MR) is 120 cm³/mol. The summed E-state index contributed by atoms with van der Waals surface area (Å²) in [7, 11) is -4.54. The van der Waals surface area contributed by atoms with E-state index in [1.165, 1.54) is 22.8 Å². The average molecular weight is 510 g/mol. The highest BCUT2D eigenvalue weighted by molar-refractivity contribution is 7.87. The Bertz CT molecular complexity index is 1690. The van der Waals surface area contributed by atoms with Crippen molar-refractivity contribution >= 4 is 38.6 Å². The standard InChI is InChI=1S/C20H14ClF2N5O5S/c21-10-2-4-15-12(5-10)16(13-7-25-20(31)26-18(13)29)17(19(30)27-34(24,32)33)28(15)8-9-1-3-11(22)6-14(9)23/h1-7H,8H2,(H,27,30)(H2,24,32,33)(H2,25,26,29,31). The monoisotopic (exact) mass is 509 g/mol. The van der Waals surface area contributed by atoms with Crippen LogP contribution in [0, 0.1) is 11.6 Å². The number of halogens is 3. The molecule has 2 aromatic heterocycles. The van der Waals surface area contributed by atoms with Crippen LogP contribution in [0.1, 0.15) is 16.1 Å². The van der Waals surface area contributed by atoms with E-state index in [1.807, 2.05) is 4.98 Å². The predicted octanol–water partition coefficient (Wildman–Crippen LogP) is 1.60. The largest absolute Gasteiger partial charge is 0.331 e. The van der Waals surface area contributed by atoms with Gasteiger partial charge in [0, 0.05) is 39.3 Å². The van der Waals surface area contributed by atoms with Gasteiger partial charge in [-0.25, -0.2) is 23.4 Å². The van der Waals surface area contributed by atoms with Crippen molar-refractivity contribution < 1.29 is 22.0 Å². The van der Waals surface area contributed by atoms with Crippen molar-refractivity contribution in [2.24, 2.45) is 5.14 Å². The van der Waals surface area contributed by atoms with Crippen LogP contribution in [-0.4, -0.2) is 28.9 Å². The first-order valence-corrected chi connectivity index (χ1v) is 11.3. The second-order valence-corrected chi connectivity index (χ2v) is 8.90. The van der Waals surface area contributed by atoms with Crippen molar-refractivity contribution in [3.05, 3.63) is 91.3 Å². The maximum absolute atomic E-state index is 14.5. The molecule has 1 amide bonds. The fourth-order valence-electron chi connectivity index (χ4n) is 3.59. The molecule has 0 saturated heterocycles. The zero-order valence-electron chi connectivity index (χ0n) is 16.9. The van der Waals surface area contributed by atoms with Crippen molar-refractivity contribution in [3.63, 3.8) is 0 Å². The van der Waals surface area contributed by atoms with E-state index in [0.29, 0.717) is 6.07 Å². The zero-order chi connectivity index (χ0) is 24.8. The number of nitrogens with two attached hydrogens (primary N) is 1. The van der Waals surface area contributed by atoms with Gasteiger partial charge in [-0.2, -0.15) is 8.42 Å². The third-order valence-electron chi connectivity index (χ3n) is 4.91. The topological polar surface area (TPSA) is 160 Å². The summed E-state index contributed by atoms with van der Waals surface area (Å²) in [5.41, 5.74) is -2.19. The van der Waals surface area contributed by atoms with Crippen LogP contribution in [0.15, 0.2) is 52.2 Å². The van der Waals surface area contributed by atoms with Gasteiger partial charge in [0.15, 0.2) is 0 Å². The summed E-state index contributed by atoms with van der Waals surface area (Å²) in [5, 5.41) is 5.39. The quantitative estimate of drug-likeness (QED) is 0.321. The number of amides is 1. The normalized spacial score (nSPS) is 11.6. The number of carbonyl (C=O) groups is 1. The summed E-state index contributed by atoms with van der Waals surface area (Å²) in [4.78, 5) is 41.5. The van der Waals surface area contributed by atoms with Gasteiger partial charge in [0.05, 0.1) is 12.1 Å². The van der Waals surface area contributed by atoms with Crippen molar-refractivity contribution in [2.75, 3.05) is 0 Å². The second-order valence-electron chi connectivity index (χ2n) is 7.17. The molecule has 0 spiro atoms. The van der Waals surface area contributed by atoms with Gasteiger partial charge in [-0.15, -0.1) is 0 Å². The molecule has 2 aromatic carbocycles. The molecular formula is C20H14ClF2N5O5S. The molecule has 0 saturated carbocycles. The van der Waals surface area contributed by atoms with Gasteiger partial charge in [0.1, 0.15) is 17.3 Å². The minimum Gasteiger partial charge on any atom is -0.331 e. The van der Waals surface area contributed by atoms with E-state index in [9.17, 15) is 31.6 Å². The lowest BCUT2D eigenvalue weighted by Crippen LogP contribution is -2.37. The van der Waals surface area contributed by atoms with Gasteiger partial charge < -0.3 is 9.55 Å². The van der Waals surface area contributed by atoms with Crippen LogP contribution in [0.25, 0.3) is 22.0 Å². The number of fused-ring (bicyclic) bond motifs is 1. The first-order valence-electron chi connectivity index (χ1n) is 9.37. The Morgan fingerprint density at radius 1 is 1.15 bits per heavy atom. The third-order valence-corrected chi connectivity index (χ3v) is 5.61. The number of aromatic amines is 2. The Labute approximate surface area is 194 Å². The van der Waals surface area contributed by atoms with Crippen LogP contribution in [0.2, 0.25) is 5.02 Å². The summed E-state index contributed by atoms with van der Waals surface area (Å²) in [6, 6.07) is 7.15. The second kappa shape index (κ2) is 8.52. The van der Waals surface area contributed by atoms with Crippen molar-refractivity contribution in [3.8, 4) is 11.1 Å². The number of nitrogens with one attached hydrogen (secondary N) is 3. The molecule has 0 bridgehead atoms. The summed E-state index contributed by atoms with van der Waals surface area (Å²) < 4.78 is 53.9. The van der Waals surface area contributed by atoms with E-state index >= 15 is 0 Å². The molecule has 0 aliphatic rings. The highest BCUT2D eigenvalue weighted by Crippen LogP contribution is 2.35. The molecule has 0 radical (unpaired) electrons. The zero-order valence-corrected chi connectivity index (χ0v) is 18.4. The Kier molecular flexibility index (Phi) is 5.85. The molecule has 2 heterocycles. The van der Waals surface area contributed by atoms with Gasteiger partial charge in [0.25, 0.3) is 21.7 Å². The number of hydrogen-bond acceptors (Lipinski definition) is 5. The fraction of sp³-hybridized carbons (Fsp3) is 0.0500. The van der Waals surface area contributed by atoms with E-state index < -0.39 is 44.7 Å². The molecule has 0 atom stereocenters. The third kappa shape index (κ3) is 4.48. The minimum absolute atomic E-state index is 0.0418. The highest BCUT2D eigenvalue weighted by Gasteiger charge is 2.28. The smallest absolute Gasteiger partial charge is 0.325 e. The number of benzene rings is 2. The first kappa shape index (κ1) is 23.4. The van der Waals surface area contributed by atoms with E-state index in [1.54, 1.807) is 4.72 Å². The van der Waals surface area contributed by atoms with Crippen molar-refractivity contribution in [2.45, 2.75) is 6.54 Å². The van der Waals surface area contributed by atoms with Gasteiger partial charge in [-0.05, 0) is 24.3 Å². The lowest BCUT2D eigenvalue weighted by molar-refractivity contribution is 0.0974. The summed E-state index contributed by atoms with van der Waals surface area (Å²) in [6.07, 6.45) is 1.04. The lowest BCUT2D eigenvalue weighted by atomic mass is 10.0. The molecular weight excluding hydrogens is 496 g/mol. The highest BCUT2D eigenvalue weighted by atomic mass is 35.5. The molecule has 14 heteroatoms. The van der Waals surface area contributed by atoms with Crippen LogP contribution < -0.4 is 21.1 Å². The van der Waals surface area contributed by atoms with Gasteiger partial charge in [-0.1, -0.05) is 17.7 Å². The molecule has 4 rings (SSSR count). The number of carbonyl (C=O) groups excluding carboxylic acids is 1. The summed E-state index contributed by atoms with van der Waals surface area (Å²) in [5.74, 6) is -2.98. The average Bonchev–Trinajstić information content (AvgIpc) is 3.02. The molecule has 34 heavy (non-hydrogen) atoms. The maximum Gasteiger partial charge on any atom is 0.325 e. The van der Waals surface area contributed by atoms with Gasteiger partial charge in [-0.3, -0.25) is 14.6 Å². The van der Waals surface area contributed by atoms with Gasteiger partial charge in [0.2, 0.25) is 0 Å². The van der Waals surface area contributed by atoms with Crippen molar-refractivity contribution in [1.29, 1.82) is 0 Å². The maximum atomic E-state index is 14.5. The Morgan fingerprint density at radius 3 is 2.53 bits per heavy atom. The fourth-order valence-corrected chi connectivity index (χ4v) is 4.12. The van der Waals surface area contributed by atoms with E-state index in [-0.39, 0.29) is 39.2 Å². The van der Waals surface area contributed by atoms with Crippen molar-refractivity contribution in [1.82, 2.24) is 19.3 Å². The molecule has 4 aromatic rings. The van der Waals surface area contributed by atoms with Crippen LogP contribution in [0.4, 0.5) is 8.78 Å². The lowest BCUT2D eigenvalue weighted by Gasteiger charge is -2.13. The molecule has 0 aliphatic heterocycles. The van der Waals surface area contributed by atoms with Gasteiger partial charge >= 0.3 is 5.69 Å². The number of H-pyrrole nitrogens is 2.